The zero-order chi connectivity index (χ0) is 22.9. The van der Waals surface area contributed by atoms with Crippen LogP contribution in [-0.4, -0.2) is 29.0 Å². The van der Waals surface area contributed by atoms with Crippen molar-refractivity contribution in [2.24, 2.45) is 4.99 Å². The Kier molecular flexibility index (Phi) is 11.7. The van der Waals surface area contributed by atoms with Crippen molar-refractivity contribution < 1.29 is 9.66 Å². The zero-order valence-electron chi connectivity index (χ0n) is 18.2. The van der Waals surface area contributed by atoms with Gasteiger partial charge in [-0.25, -0.2) is 0 Å². The van der Waals surface area contributed by atoms with Gasteiger partial charge in [-0.15, -0.1) is 0 Å². The van der Waals surface area contributed by atoms with Gasteiger partial charge in [0.05, 0.1) is 17.6 Å². The summed E-state index contributed by atoms with van der Waals surface area (Å²) in [5.74, 6) is 0.997. The van der Waals surface area contributed by atoms with Crippen molar-refractivity contribution in [3.05, 3.63) is 58.9 Å². The van der Waals surface area contributed by atoms with E-state index in [-0.39, 0.29) is 5.69 Å². The minimum atomic E-state index is -0.416. The summed E-state index contributed by atoms with van der Waals surface area (Å²) < 4.78 is 5.59. The van der Waals surface area contributed by atoms with E-state index in [9.17, 15) is 10.1 Å². The Bertz CT molecular complexity index is 883. The molecule has 2 aromatic rings. The average Bonchev–Trinajstić information content (AvgIpc) is 2.80. The molecule has 0 bridgehead atoms. The van der Waals surface area contributed by atoms with Crippen LogP contribution in [0.3, 0.4) is 0 Å². The molecule has 9 heteroatoms. The van der Waals surface area contributed by atoms with Gasteiger partial charge in [-0.05, 0) is 31.0 Å². The molecule has 0 atom stereocenters. The molecule has 170 valence electrons. The van der Waals surface area contributed by atoms with Crippen LogP contribution >= 0.6 is 0 Å². The maximum atomic E-state index is 10.8. The second-order valence-corrected chi connectivity index (χ2v) is 7.26. The molecule has 1 aromatic carbocycles. The van der Waals surface area contributed by atoms with Crippen molar-refractivity contribution in [2.75, 3.05) is 18.5 Å². The first kappa shape index (κ1) is 24.6. The number of non-ortho nitro benzene ring substituents is 1. The largest absolute Gasteiger partial charge is 0.493 e. The molecule has 0 fully saturated rings. The van der Waals surface area contributed by atoms with Crippen LogP contribution in [-0.2, 0) is 0 Å². The average molecular weight is 439 g/mol. The highest BCUT2D eigenvalue weighted by atomic mass is 16.6. The smallest absolute Gasteiger partial charge is 0.273 e. The normalized spacial score (nSPS) is 10.9. The van der Waals surface area contributed by atoms with Crippen LogP contribution in [0.4, 0.5) is 11.4 Å². The number of nitriles is 1. The fraction of sp³-hybridized carbons (Fsp3) is 0.435. The van der Waals surface area contributed by atoms with Gasteiger partial charge in [-0.2, -0.15) is 5.26 Å². The number of guanidine groups is 1. The van der Waals surface area contributed by atoms with Gasteiger partial charge in [0.25, 0.3) is 5.69 Å². The summed E-state index contributed by atoms with van der Waals surface area (Å²) >= 11 is 0. The lowest BCUT2D eigenvalue weighted by atomic mass is 10.1. The molecule has 0 amide bonds. The van der Waals surface area contributed by atoms with Crippen molar-refractivity contribution in [3.63, 3.8) is 0 Å². The number of nitrogens with one attached hydrogen (secondary N) is 2. The van der Waals surface area contributed by atoms with E-state index in [0.717, 1.165) is 37.8 Å². The third-order valence-electron chi connectivity index (χ3n) is 4.74. The Morgan fingerprint density at radius 2 is 1.75 bits per heavy atom. The first-order valence-electron chi connectivity index (χ1n) is 10.9. The molecular formula is C23H30N6O3. The van der Waals surface area contributed by atoms with Crippen molar-refractivity contribution >= 4 is 17.3 Å². The van der Waals surface area contributed by atoms with E-state index in [1.54, 1.807) is 24.5 Å². The summed E-state index contributed by atoms with van der Waals surface area (Å²) in [7, 11) is 0. The number of unbranched alkanes of at least 4 members (excludes halogenated alkanes) is 7. The summed E-state index contributed by atoms with van der Waals surface area (Å²) in [5, 5.41) is 25.3. The van der Waals surface area contributed by atoms with Crippen LogP contribution in [0, 0.1) is 21.6 Å². The Hall–Kier alpha value is -3.67. The second kappa shape index (κ2) is 15.2. The van der Waals surface area contributed by atoms with Gasteiger partial charge >= 0.3 is 0 Å². The molecule has 0 unspecified atom stereocenters. The first-order chi connectivity index (χ1) is 15.7. The van der Waals surface area contributed by atoms with E-state index in [1.165, 1.54) is 31.4 Å². The number of aromatic nitrogens is 1. The van der Waals surface area contributed by atoms with Crippen LogP contribution in [0.25, 0.3) is 0 Å². The lowest BCUT2D eigenvalue weighted by Crippen LogP contribution is -2.27. The van der Waals surface area contributed by atoms with Crippen molar-refractivity contribution in [2.45, 2.75) is 51.4 Å². The monoisotopic (exact) mass is 438 g/mol. The molecule has 9 nitrogen and oxygen atoms in total. The van der Waals surface area contributed by atoms with Crippen LogP contribution in [0.2, 0.25) is 0 Å². The van der Waals surface area contributed by atoms with E-state index < -0.39 is 4.92 Å². The topological polar surface area (TPSA) is 125 Å². The molecule has 2 N–H and O–H groups in total. The number of nitro benzene ring substituents is 1. The number of benzene rings is 1. The SMILES string of the molecule is N#CNC(=NCCCCCCCCCCOc1cccc([N+](=O)[O-])c1)Nc1ccncc1. The predicted molar refractivity (Wildman–Crippen MR) is 124 cm³/mol. The molecule has 0 aliphatic carbocycles. The Labute approximate surface area is 188 Å². The summed E-state index contributed by atoms with van der Waals surface area (Å²) in [6.45, 7) is 1.24. The number of nitrogens with zero attached hydrogens (tertiary/aromatic N) is 4. The standard InChI is InChI=1S/C23H30N6O3/c24-19-27-23(28-20-12-15-25-16-13-20)26-14-7-5-3-1-2-4-6-8-17-32-22-11-9-10-21(18-22)29(30)31/h9-13,15-16,18H,1-8,14,17H2,(H2,25,26,27,28). The van der Waals surface area contributed by atoms with E-state index >= 15 is 0 Å². The van der Waals surface area contributed by atoms with Gasteiger partial charge in [0, 0.05) is 30.7 Å². The molecule has 0 radical (unpaired) electrons. The van der Waals surface area contributed by atoms with E-state index in [2.05, 4.69) is 20.6 Å². The van der Waals surface area contributed by atoms with Crippen LogP contribution in [0.15, 0.2) is 53.8 Å². The summed E-state index contributed by atoms with van der Waals surface area (Å²) in [5.41, 5.74) is 0.882. The molecule has 0 saturated carbocycles. The third kappa shape index (κ3) is 10.4. The molecule has 0 saturated heterocycles. The maximum absolute atomic E-state index is 10.8. The number of rotatable bonds is 14. The number of nitro groups is 1. The van der Waals surface area contributed by atoms with Gasteiger partial charge in [0.2, 0.25) is 5.96 Å². The van der Waals surface area contributed by atoms with E-state index in [1.807, 2.05) is 18.3 Å². The molecule has 1 aromatic heterocycles. The highest BCUT2D eigenvalue weighted by molar-refractivity contribution is 5.94. The Balaban J connectivity index is 1.47. The Morgan fingerprint density at radius 1 is 1.06 bits per heavy atom. The van der Waals surface area contributed by atoms with Crippen LogP contribution in [0.1, 0.15) is 51.4 Å². The van der Waals surface area contributed by atoms with Crippen LogP contribution in [0.5, 0.6) is 5.75 Å². The zero-order valence-corrected chi connectivity index (χ0v) is 18.2. The molecule has 0 spiro atoms. The summed E-state index contributed by atoms with van der Waals surface area (Å²) in [6, 6.07) is 9.92. The summed E-state index contributed by atoms with van der Waals surface area (Å²) in [6.07, 6.45) is 14.1. The van der Waals surface area contributed by atoms with Gasteiger partial charge in [-0.3, -0.25) is 25.4 Å². The number of ether oxygens (including phenoxy) is 1. The summed E-state index contributed by atoms with van der Waals surface area (Å²) in [4.78, 5) is 18.7. The quantitative estimate of drug-likeness (QED) is 0.0806. The number of anilines is 1. The van der Waals surface area contributed by atoms with Gasteiger partial charge in [-0.1, -0.05) is 44.6 Å². The van der Waals surface area contributed by atoms with Gasteiger partial charge in [0.15, 0.2) is 6.19 Å². The lowest BCUT2D eigenvalue weighted by molar-refractivity contribution is -0.384. The van der Waals surface area contributed by atoms with Gasteiger partial charge < -0.3 is 10.1 Å². The van der Waals surface area contributed by atoms with E-state index in [0.29, 0.717) is 24.9 Å². The molecule has 0 aliphatic rings. The number of pyridine rings is 1. The van der Waals surface area contributed by atoms with Crippen molar-refractivity contribution in [1.82, 2.24) is 10.3 Å². The highest BCUT2D eigenvalue weighted by Gasteiger charge is 2.06. The first-order valence-corrected chi connectivity index (χ1v) is 10.9. The number of hydrogen-bond acceptors (Lipinski definition) is 6. The van der Waals surface area contributed by atoms with Gasteiger partial charge in [0.1, 0.15) is 5.75 Å². The third-order valence-corrected chi connectivity index (χ3v) is 4.74. The molecular weight excluding hydrogens is 408 g/mol. The lowest BCUT2D eigenvalue weighted by Gasteiger charge is -2.07. The molecule has 2 rings (SSSR count). The van der Waals surface area contributed by atoms with Crippen molar-refractivity contribution in [1.29, 1.82) is 5.26 Å². The molecule has 32 heavy (non-hydrogen) atoms. The minimum Gasteiger partial charge on any atom is -0.493 e. The predicted octanol–water partition coefficient (Wildman–Crippen LogP) is 5.03. The molecule has 1 heterocycles. The number of hydrogen-bond donors (Lipinski definition) is 2. The van der Waals surface area contributed by atoms with Crippen LogP contribution < -0.4 is 15.4 Å². The Morgan fingerprint density at radius 3 is 2.44 bits per heavy atom. The second-order valence-electron chi connectivity index (χ2n) is 7.26. The molecule has 0 aliphatic heterocycles. The minimum absolute atomic E-state index is 0.0516. The fourth-order valence-electron chi connectivity index (χ4n) is 3.08. The fourth-order valence-corrected chi connectivity index (χ4v) is 3.08. The number of aliphatic imine (C=N–C) groups is 1. The van der Waals surface area contributed by atoms with Crippen molar-refractivity contribution in [3.8, 4) is 11.9 Å². The highest BCUT2D eigenvalue weighted by Crippen LogP contribution is 2.19. The van der Waals surface area contributed by atoms with E-state index in [4.69, 9.17) is 10.00 Å². The maximum Gasteiger partial charge on any atom is 0.273 e.